The third-order valence-corrected chi connectivity index (χ3v) is 5.06. The normalized spacial score (nSPS) is 13.5. The van der Waals surface area contributed by atoms with Gasteiger partial charge in [-0.15, -0.1) is 11.8 Å². The lowest BCUT2D eigenvalue weighted by atomic mass is 10.1. The third kappa shape index (κ3) is 5.96. The van der Waals surface area contributed by atoms with E-state index in [4.69, 9.17) is 4.74 Å². The van der Waals surface area contributed by atoms with Crippen molar-refractivity contribution < 1.29 is 14.3 Å². The van der Waals surface area contributed by atoms with Crippen molar-refractivity contribution >= 4 is 23.6 Å². The second-order valence-electron chi connectivity index (χ2n) is 8.03. The first-order valence-electron chi connectivity index (χ1n) is 9.70. The lowest BCUT2D eigenvalue weighted by Crippen LogP contribution is -2.39. The molecule has 0 aliphatic heterocycles. The number of carbonyl (C=O) groups is 2. The number of rotatable bonds is 9. The molecule has 0 bridgehead atoms. The molecule has 0 N–H and O–H groups in total. The maximum Gasteiger partial charge on any atom is 0.340 e. The van der Waals surface area contributed by atoms with Crippen LogP contribution in [-0.4, -0.2) is 47.7 Å². The number of pyridine rings is 1. The van der Waals surface area contributed by atoms with E-state index in [1.54, 1.807) is 11.0 Å². The second kappa shape index (κ2) is 9.92. The molecule has 1 heterocycles. The Kier molecular flexibility index (Phi) is 7.88. The van der Waals surface area contributed by atoms with Gasteiger partial charge in [-0.25, -0.2) is 9.78 Å². The van der Waals surface area contributed by atoms with Gasteiger partial charge in [0.1, 0.15) is 11.1 Å². The standard InChI is InChI=1S/C21H29N3O3S/c1-13(2)10-24(11-14(3)4)19(25)12-27-21(26)16-8-18(15-6-7-15)23-20(28-5)17(16)9-22/h8,13-15H,6-7,10-12H2,1-5H3. The fourth-order valence-electron chi connectivity index (χ4n) is 3.00. The van der Waals surface area contributed by atoms with Gasteiger partial charge in [0.2, 0.25) is 0 Å². The molecule has 1 aromatic rings. The molecule has 7 heteroatoms. The quantitative estimate of drug-likeness (QED) is 0.460. The summed E-state index contributed by atoms with van der Waals surface area (Å²) >= 11 is 1.34. The van der Waals surface area contributed by atoms with Crippen molar-refractivity contribution in [3.8, 4) is 6.07 Å². The van der Waals surface area contributed by atoms with Crippen molar-refractivity contribution in [3.63, 3.8) is 0 Å². The van der Waals surface area contributed by atoms with Gasteiger partial charge in [-0.1, -0.05) is 27.7 Å². The molecule has 1 aromatic heterocycles. The Morgan fingerprint density at radius 3 is 2.36 bits per heavy atom. The van der Waals surface area contributed by atoms with Crippen LogP contribution in [0, 0.1) is 23.2 Å². The molecule has 0 spiro atoms. The van der Waals surface area contributed by atoms with Crippen molar-refractivity contribution in [1.29, 1.82) is 5.26 Å². The van der Waals surface area contributed by atoms with E-state index in [1.807, 2.05) is 34.0 Å². The SMILES string of the molecule is CSc1nc(C2CC2)cc(C(=O)OCC(=O)N(CC(C)C)CC(C)C)c1C#N. The van der Waals surface area contributed by atoms with E-state index in [1.165, 1.54) is 11.8 Å². The van der Waals surface area contributed by atoms with Crippen LogP contribution in [0.3, 0.4) is 0 Å². The maximum absolute atomic E-state index is 12.7. The van der Waals surface area contributed by atoms with Crippen molar-refractivity contribution in [2.45, 2.75) is 51.5 Å². The molecule has 1 fully saturated rings. The highest BCUT2D eigenvalue weighted by Gasteiger charge is 2.29. The van der Waals surface area contributed by atoms with Crippen LogP contribution in [0.2, 0.25) is 0 Å². The number of esters is 1. The number of hydrogen-bond acceptors (Lipinski definition) is 6. The van der Waals surface area contributed by atoms with Gasteiger partial charge in [0.15, 0.2) is 6.61 Å². The molecule has 6 nitrogen and oxygen atoms in total. The zero-order chi connectivity index (χ0) is 20.8. The maximum atomic E-state index is 12.7. The van der Waals surface area contributed by atoms with Crippen LogP contribution in [0.15, 0.2) is 11.1 Å². The lowest BCUT2D eigenvalue weighted by molar-refractivity contribution is -0.135. The molecule has 0 aromatic carbocycles. The molecule has 28 heavy (non-hydrogen) atoms. The zero-order valence-corrected chi connectivity index (χ0v) is 18.1. The Hall–Kier alpha value is -2.07. The summed E-state index contributed by atoms with van der Waals surface area (Å²) in [6, 6.07) is 3.72. The van der Waals surface area contributed by atoms with Gasteiger partial charge in [-0.3, -0.25) is 4.79 Å². The lowest BCUT2D eigenvalue weighted by Gasteiger charge is -2.26. The highest BCUT2D eigenvalue weighted by atomic mass is 32.2. The summed E-state index contributed by atoms with van der Waals surface area (Å²) in [5.74, 6) is 0.150. The van der Waals surface area contributed by atoms with Gasteiger partial charge in [0.25, 0.3) is 5.91 Å². The Morgan fingerprint density at radius 2 is 1.89 bits per heavy atom. The summed E-state index contributed by atoms with van der Waals surface area (Å²) in [7, 11) is 0. The van der Waals surface area contributed by atoms with Gasteiger partial charge < -0.3 is 9.64 Å². The van der Waals surface area contributed by atoms with Gasteiger partial charge in [-0.05, 0) is 37.0 Å². The minimum atomic E-state index is -0.640. The zero-order valence-electron chi connectivity index (χ0n) is 17.3. The third-order valence-electron chi connectivity index (χ3n) is 4.38. The van der Waals surface area contributed by atoms with Gasteiger partial charge in [0, 0.05) is 24.7 Å². The molecule has 0 saturated heterocycles. The topological polar surface area (TPSA) is 83.3 Å². The van der Waals surface area contributed by atoms with E-state index in [0.29, 0.717) is 35.9 Å². The minimum absolute atomic E-state index is 0.204. The van der Waals surface area contributed by atoms with Gasteiger partial charge >= 0.3 is 5.97 Å². The number of amides is 1. The molecule has 152 valence electrons. The van der Waals surface area contributed by atoms with E-state index < -0.39 is 5.97 Å². The minimum Gasteiger partial charge on any atom is -0.452 e. The summed E-state index contributed by atoms with van der Waals surface area (Å²) in [5, 5.41) is 10.0. The first-order valence-corrected chi connectivity index (χ1v) is 10.9. The monoisotopic (exact) mass is 403 g/mol. The van der Waals surface area contributed by atoms with E-state index in [-0.39, 0.29) is 23.6 Å². The molecule has 0 radical (unpaired) electrons. The number of nitriles is 1. The van der Waals surface area contributed by atoms with Crippen molar-refractivity contribution in [3.05, 3.63) is 22.9 Å². The molecule has 2 rings (SSSR count). The Labute approximate surface area is 171 Å². The summed E-state index contributed by atoms with van der Waals surface area (Å²) < 4.78 is 5.31. The van der Waals surface area contributed by atoms with Crippen LogP contribution < -0.4 is 0 Å². The highest BCUT2D eigenvalue weighted by Crippen LogP contribution is 2.40. The van der Waals surface area contributed by atoms with Gasteiger partial charge in [0.05, 0.1) is 11.1 Å². The summed E-state index contributed by atoms with van der Waals surface area (Å²) in [4.78, 5) is 31.5. The van der Waals surface area contributed by atoms with Crippen molar-refractivity contribution in [2.75, 3.05) is 26.0 Å². The largest absolute Gasteiger partial charge is 0.452 e. The van der Waals surface area contributed by atoms with E-state index >= 15 is 0 Å². The molecular weight excluding hydrogens is 374 g/mol. The van der Waals surface area contributed by atoms with Crippen molar-refractivity contribution in [2.24, 2.45) is 11.8 Å². The second-order valence-corrected chi connectivity index (χ2v) is 8.82. The fraction of sp³-hybridized carbons (Fsp3) is 0.619. The number of thioether (sulfide) groups is 1. The Morgan fingerprint density at radius 1 is 1.29 bits per heavy atom. The number of ether oxygens (including phenoxy) is 1. The highest BCUT2D eigenvalue weighted by molar-refractivity contribution is 7.98. The molecule has 1 aliphatic carbocycles. The Bertz CT molecular complexity index is 757. The first-order chi connectivity index (χ1) is 13.3. The number of hydrogen-bond donors (Lipinski definition) is 0. The fourth-order valence-corrected chi connectivity index (χ4v) is 3.56. The van der Waals surface area contributed by atoms with Crippen LogP contribution in [0.4, 0.5) is 0 Å². The van der Waals surface area contributed by atoms with Gasteiger partial charge in [-0.2, -0.15) is 5.26 Å². The number of nitrogens with zero attached hydrogens (tertiary/aromatic N) is 3. The Balaban J connectivity index is 2.14. The summed E-state index contributed by atoms with van der Waals surface area (Å²) in [5.41, 5.74) is 1.24. The number of carbonyl (C=O) groups excluding carboxylic acids is 2. The predicted octanol–water partition coefficient (Wildman–Crippen LogP) is 3.85. The average molecular weight is 404 g/mol. The molecule has 0 unspecified atom stereocenters. The van der Waals surface area contributed by atoms with Crippen LogP contribution in [0.25, 0.3) is 0 Å². The van der Waals surface area contributed by atoms with E-state index in [0.717, 1.165) is 18.5 Å². The predicted molar refractivity (Wildman–Crippen MR) is 109 cm³/mol. The van der Waals surface area contributed by atoms with Crippen LogP contribution in [-0.2, 0) is 9.53 Å². The van der Waals surface area contributed by atoms with Crippen LogP contribution in [0.1, 0.15) is 68.1 Å². The van der Waals surface area contributed by atoms with Crippen molar-refractivity contribution in [1.82, 2.24) is 9.88 Å². The molecule has 0 atom stereocenters. The molecule has 1 saturated carbocycles. The summed E-state index contributed by atoms with van der Waals surface area (Å²) in [6.45, 7) is 9.11. The molecular formula is C21H29N3O3S. The number of aromatic nitrogens is 1. The summed E-state index contributed by atoms with van der Waals surface area (Å²) in [6.07, 6.45) is 3.91. The smallest absolute Gasteiger partial charge is 0.340 e. The molecule has 1 amide bonds. The average Bonchev–Trinajstić information content (AvgIpc) is 3.48. The van der Waals surface area contributed by atoms with Crippen LogP contribution >= 0.6 is 11.8 Å². The van der Waals surface area contributed by atoms with Crippen LogP contribution in [0.5, 0.6) is 0 Å². The first kappa shape index (κ1) is 22.2. The van der Waals surface area contributed by atoms with E-state index in [2.05, 4.69) is 11.1 Å². The molecule has 1 aliphatic rings. The van der Waals surface area contributed by atoms with E-state index in [9.17, 15) is 14.9 Å².